The molecule has 0 aliphatic heterocycles. The van der Waals surface area contributed by atoms with Gasteiger partial charge in [0.1, 0.15) is 15.7 Å². The molecule has 0 rings (SSSR count). The van der Waals surface area contributed by atoms with Crippen LogP contribution in [0.5, 0.6) is 0 Å². The average Bonchev–Trinajstić information content (AvgIpc) is 2.01. The second-order valence-electron chi connectivity index (χ2n) is 2.75. The zero-order valence-corrected chi connectivity index (χ0v) is 8.54. The molecule has 0 saturated heterocycles. The van der Waals surface area contributed by atoms with Gasteiger partial charge < -0.3 is 16.3 Å². The molecule has 0 radical (unpaired) electrons. The van der Waals surface area contributed by atoms with E-state index in [0.717, 1.165) is 6.26 Å². The van der Waals surface area contributed by atoms with Crippen molar-refractivity contribution in [1.29, 1.82) is 0 Å². The molecule has 0 aromatic heterocycles. The standard InChI is InChI=1S/C6H13N3O4S/c1-14(12,13)3-2-8-6(10)4-5(7)9-11/h11H,2-4H2,1H3,(H2,7,9)(H,8,10). The molecule has 0 aromatic rings. The number of nitrogens with one attached hydrogen (secondary N) is 1. The van der Waals surface area contributed by atoms with Gasteiger partial charge in [0.05, 0.1) is 12.2 Å². The highest BCUT2D eigenvalue weighted by molar-refractivity contribution is 7.90. The van der Waals surface area contributed by atoms with Crippen molar-refractivity contribution in [3.05, 3.63) is 0 Å². The predicted octanol–water partition coefficient (Wildman–Crippen LogP) is -1.72. The molecule has 8 heteroatoms. The highest BCUT2D eigenvalue weighted by Gasteiger charge is 2.06. The Hall–Kier alpha value is -1.31. The van der Waals surface area contributed by atoms with Crippen LogP contribution in [0.2, 0.25) is 0 Å². The Bertz CT molecular complexity index is 322. The Labute approximate surface area is 81.9 Å². The first kappa shape index (κ1) is 12.7. The molecule has 4 N–H and O–H groups in total. The van der Waals surface area contributed by atoms with Crippen LogP contribution in [0.3, 0.4) is 0 Å². The summed E-state index contributed by atoms with van der Waals surface area (Å²) in [6.07, 6.45) is 0.822. The lowest BCUT2D eigenvalue weighted by molar-refractivity contribution is -0.119. The molecule has 0 heterocycles. The Morgan fingerprint density at radius 2 is 2.14 bits per heavy atom. The summed E-state index contributed by atoms with van der Waals surface area (Å²) in [5.74, 6) is -0.833. The third-order valence-electron chi connectivity index (χ3n) is 1.27. The van der Waals surface area contributed by atoms with Gasteiger partial charge in [0, 0.05) is 12.8 Å². The molecule has 0 fully saturated rings. The fourth-order valence-electron chi connectivity index (χ4n) is 0.638. The maximum atomic E-state index is 10.9. The molecular formula is C6H13N3O4S. The zero-order chi connectivity index (χ0) is 11.2. The Balaban J connectivity index is 3.77. The van der Waals surface area contributed by atoms with Crippen LogP contribution in [0.4, 0.5) is 0 Å². The van der Waals surface area contributed by atoms with Crippen LogP contribution in [-0.2, 0) is 14.6 Å². The predicted molar refractivity (Wildman–Crippen MR) is 50.7 cm³/mol. The Morgan fingerprint density at radius 3 is 2.57 bits per heavy atom. The molecule has 0 saturated carbocycles. The lowest BCUT2D eigenvalue weighted by atomic mass is 10.4. The molecular weight excluding hydrogens is 210 g/mol. The van der Waals surface area contributed by atoms with Crippen LogP contribution in [0.1, 0.15) is 6.42 Å². The summed E-state index contributed by atoms with van der Waals surface area (Å²) in [7, 11) is -3.08. The number of oxime groups is 1. The van der Waals surface area contributed by atoms with E-state index in [-0.39, 0.29) is 24.6 Å². The normalized spacial score (nSPS) is 12.5. The minimum atomic E-state index is -3.08. The number of nitrogens with two attached hydrogens (primary N) is 1. The highest BCUT2D eigenvalue weighted by Crippen LogP contribution is 1.82. The van der Waals surface area contributed by atoms with Crippen molar-refractivity contribution in [3.8, 4) is 0 Å². The Kier molecular flexibility index (Phi) is 4.92. The minimum Gasteiger partial charge on any atom is -0.409 e. The van der Waals surface area contributed by atoms with Gasteiger partial charge in [0.15, 0.2) is 0 Å². The molecule has 0 unspecified atom stereocenters. The summed E-state index contributed by atoms with van der Waals surface area (Å²) in [6.45, 7) is 0.0242. The summed E-state index contributed by atoms with van der Waals surface area (Å²) in [5, 5.41) is 13.0. The van der Waals surface area contributed by atoms with Crippen LogP contribution < -0.4 is 11.1 Å². The average molecular weight is 223 g/mol. The maximum absolute atomic E-state index is 10.9. The molecule has 0 atom stereocenters. The van der Waals surface area contributed by atoms with Crippen LogP contribution in [0.25, 0.3) is 0 Å². The third-order valence-corrected chi connectivity index (χ3v) is 2.21. The van der Waals surface area contributed by atoms with Crippen molar-refractivity contribution in [2.75, 3.05) is 18.6 Å². The van der Waals surface area contributed by atoms with Gasteiger partial charge in [0.2, 0.25) is 5.91 Å². The highest BCUT2D eigenvalue weighted by atomic mass is 32.2. The fraction of sp³-hybridized carbons (Fsp3) is 0.667. The van der Waals surface area contributed by atoms with E-state index < -0.39 is 15.7 Å². The number of sulfone groups is 1. The van der Waals surface area contributed by atoms with E-state index in [0.29, 0.717) is 0 Å². The molecule has 82 valence electrons. The number of amidine groups is 1. The second-order valence-corrected chi connectivity index (χ2v) is 5.01. The summed E-state index contributed by atoms with van der Waals surface area (Å²) in [4.78, 5) is 10.9. The van der Waals surface area contributed by atoms with Crippen LogP contribution in [0.15, 0.2) is 5.16 Å². The minimum absolute atomic E-state index is 0.0242. The first-order valence-corrected chi connectivity index (χ1v) is 5.82. The summed E-state index contributed by atoms with van der Waals surface area (Å²) < 4.78 is 21.3. The first-order chi connectivity index (χ1) is 6.35. The van der Waals surface area contributed by atoms with Gasteiger partial charge in [0.25, 0.3) is 0 Å². The van der Waals surface area contributed by atoms with Crippen LogP contribution in [-0.4, -0.2) is 43.9 Å². The van der Waals surface area contributed by atoms with Crippen molar-refractivity contribution >= 4 is 21.6 Å². The largest absolute Gasteiger partial charge is 0.409 e. The number of rotatable bonds is 5. The topological polar surface area (TPSA) is 122 Å². The van der Waals surface area contributed by atoms with E-state index in [1.807, 2.05) is 0 Å². The quantitative estimate of drug-likeness (QED) is 0.221. The van der Waals surface area contributed by atoms with Gasteiger partial charge in [-0.05, 0) is 0 Å². The van der Waals surface area contributed by atoms with Gasteiger partial charge >= 0.3 is 0 Å². The van der Waals surface area contributed by atoms with Gasteiger partial charge in [-0.25, -0.2) is 8.42 Å². The second kappa shape index (κ2) is 5.43. The van der Waals surface area contributed by atoms with Crippen molar-refractivity contribution in [1.82, 2.24) is 5.32 Å². The number of amides is 1. The number of hydrogen-bond acceptors (Lipinski definition) is 5. The number of hydrogen-bond donors (Lipinski definition) is 3. The van der Waals surface area contributed by atoms with Crippen molar-refractivity contribution in [2.24, 2.45) is 10.9 Å². The van der Waals surface area contributed by atoms with Gasteiger partial charge in [-0.15, -0.1) is 0 Å². The van der Waals surface area contributed by atoms with Gasteiger partial charge in [-0.3, -0.25) is 4.79 Å². The third kappa shape index (κ3) is 7.35. The molecule has 0 aliphatic rings. The smallest absolute Gasteiger partial charge is 0.227 e. The van der Waals surface area contributed by atoms with Gasteiger partial charge in [-0.2, -0.15) is 0 Å². The van der Waals surface area contributed by atoms with E-state index in [2.05, 4.69) is 10.5 Å². The maximum Gasteiger partial charge on any atom is 0.227 e. The van der Waals surface area contributed by atoms with Crippen LogP contribution in [0, 0.1) is 0 Å². The molecule has 7 nitrogen and oxygen atoms in total. The molecule has 0 bridgehead atoms. The van der Waals surface area contributed by atoms with Crippen LogP contribution >= 0.6 is 0 Å². The van der Waals surface area contributed by atoms with Gasteiger partial charge in [-0.1, -0.05) is 5.16 Å². The SMILES string of the molecule is CS(=O)(=O)CCNC(=O)C/C(N)=N/O. The summed E-state index contributed by atoms with van der Waals surface area (Å²) in [5.41, 5.74) is 5.05. The van der Waals surface area contributed by atoms with E-state index in [1.165, 1.54) is 0 Å². The molecule has 1 amide bonds. The zero-order valence-electron chi connectivity index (χ0n) is 7.73. The number of nitrogens with zero attached hydrogens (tertiary/aromatic N) is 1. The number of carbonyl (C=O) groups excluding carboxylic acids is 1. The van der Waals surface area contributed by atoms with Crippen molar-refractivity contribution in [3.63, 3.8) is 0 Å². The molecule has 0 spiro atoms. The molecule has 14 heavy (non-hydrogen) atoms. The molecule has 0 aromatic carbocycles. The molecule has 0 aliphatic carbocycles. The summed E-state index contributed by atoms with van der Waals surface area (Å²) in [6, 6.07) is 0. The Morgan fingerprint density at radius 1 is 1.57 bits per heavy atom. The van der Waals surface area contributed by atoms with E-state index in [4.69, 9.17) is 10.9 Å². The van der Waals surface area contributed by atoms with E-state index in [1.54, 1.807) is 0 Å². The summed E-state index contributed by atoms with van der Waals surface area (Å²) >= 11 is 0. The van der Waals surface area contributed by atoms with E-state index >= 15 is 0 Å². The van der Waals surface area contributed by atoms with E-state index in [9.17, 15) is 13.2 Å². The lowest BCUT2D eigenvalue weighted by Crippen LogP contribution is -2.32. The van der Waals surface area contributed by atoms with Crippen molar-refractivity contribution < 1.29 is 18.4 Å². The monoisotopic (exact) mass is 223 g/mol. The fourth-order valence-corrected chi connectivity index (χ4v) is 1.11. The van der Waals surface area contributed by atoms with Crippen molar-refractivity contribution in [2.45, 2.75) is 6.42 Å². The first-order valence-electron chi connectivity index (χ1n) is 3.76. The number of carbonyl (C=O) groups is 1. The lowest BCUT2D eigenvalue weighted by Gasteiger charge is -2.02.